The Morgan fingerprint density at radius 3 is 2.71 bits per heavy atom. The Kier molecular flexibility index (Phi) is 3.84. The number of nitrogens with one attached hydrogen (secondary N) is 1. The average Bonchev–Trinajstić information content (AvgIpc) is 2.85. The third-order valence-corrected chi connectivity index (χ3v) is 3.97. The Morgan fingerprint density at radius 1 is 1.33 bits per heavy atom. The second-order valence-electron chi connectivity index (χ2n) is 5.93. The number of carbonyl (C=O) groups is 1. The maximum atomic E-state index is 11.3. The van der Waals surface area contributed by atoms with Crippen molar-refractivity contribution in [3.63, 3.8) is 0 Å². The van der Waals surface area contributed by atoms with Crippen LogP contribution in [0.5, 0.6) is 5.75 Å². The summed E-state index contributed by atoms with van der Waals surface area (Å²) in [6, 6.07) is 5.34. The lowest BCUT2D eigenvalue weighted by Crippen LogP contribution is -2.00. The van der Waals surface area contributed by atoms with Gasteiger partial charge < -0.3 is 15.5 Å². The first-order valence-corrected chi connectivity index (χ1v) is 7.54. The van der Waals surface area contributed by atoms with E-state index in [9.17, 15) is 15.0 Å². The number of aromatic hydroxyl groups is 1. The summed E-state index contributed by atoms with van der Waals surface area (Å²) in [4.78, 5) is 15.5. The molecule has 0 saturated heterocycles. The lowest BCUT2D eigenvalue weighted by molar-refractivity contribution is 0.0696. The zero-order chi connectivity index (χ0) is 17.4. The molecule has 24 heavy (non-hydrogen) atoms. The minimum absolute atomic E-state index is 0.177. The minimum Gasteiger partial charge on any atom is -0.508 e. The number of aromatic nitrogens is 3. The predicted octanol–water partition coefficient (Wildman–Crippen LogP) is 3.31. The van der Waals surface area contributed by atoms with Crippen LogP contribution in [0.1, 0.15) is 41.3 Å². The van der Waals surface area contributed by atoms with Crippen molar-refractivity contribution >= 4 is 23.0 Å². The first kappa shape index (κ1) is 15.8. The maximum absolute atomic E-state index is 11.3. The number of phenolic OH excluding ortho intramolecular Hbond substituents is 1. The fraction of sp³-hybridized carbons (Fsp3) is 0.235. The third-order valence-electron chi connectivity index (χ3n) is 3.97. The number of benzene rings is 1. The molecule has 0 saturated carbocycles. The molecule has 2 aromatic heterocycles. The first-order valence-electron chi connectivity index (χ1n) is 7.54. The largest absolute Gasteiger partial charge is 0.508 e. The number of fused-ring (bicyclic) bond motifs is 1. The smallest absolute Gasteiger partial charge is 0.337 e. The van der Waals surface area contributed by atoms with Crippen LogP contribution in [0.2, 0.25) is 0 Å². The van der Waals surface area contributed by atoms with Crippen molar-refractivity contribution in [2.24, 2.45) is 0 Å². The highest BCUT2D eigenvalue weighted by Crippen LogP contribution is 2.31. The summed E-state index contributed by atoms with van der Waals surface area (Å²) in [6.45, 7) is 5.73. The van der Waals surface area contributed by atoms with Crippen LogP contribution < -0.4 is 5.32 Å². The molecule has 0 aliphatic rings. The number of anilines is 2. The summed E-state index contributed by atoms with van der Waals surface area (Å²) in [5, 5.41) is 26.6. The number of carboxylic acid groups (broad SMARTS) is 1. The van der Waals surface area contributed by atoms with Gasteiger partial charge in [-0.2, -0.15) is 5.10 Å². The molecular formula is C17H18N4O3. The average molecular weight is 326 g/mol. The summed E-state index contributed by atoms with van der Waals surface area (Å²) in [7, 11) is 0. The molecule has 3 N–H and O–H groups in total. The number of rotatable bonds is 4. The van der Waals surface area contributed by atoms with Crippen LogP contribution in [0.15, 0.2) is 30.7 Å². The van der Waals surface area contributed by atoms with Crippen molar-refractivity contribution in [3.05, 3.63) is 47.4 Å². The van der Waals surface area contributed by atoms with Crippen LogP contribution in [-0.4, -0.2) is 30.8 Å². The Labute approximate surface area is 138 Å². The SMILES string of the molecule is Cc1c(C(=O)O)cn2ncnc(Nc3ccc(C(C)C)c(O)c3)c12. The highest BCUT2D eigenvalue weighted by Gasteiger charge is 2.17. The molecule has 7 nitrogen and oxygen atoms in total. The summed E-state index contributed by atoms with van der Waals surface area (Å²) < 4.78 is 1.48. The van der Waals surface area contributed by atoms with E-state index in [1.807, 2.05) is 26.0 Å². The number of aryl methyl sites for hydroxylation is 1. The van der Waals surface area contributed by atoms with Gasteiger partial charge >= 0.3 is 5.97 Å². The van der Waals surface area contributed by atoms with E-state index < -0.39 is 5.97 Å². The van der Waals surface area contributed by atoms with Gasteiger partial charge in [-0.25, -0.2) is 14.3 Å². The quantitative estimate of drug-likeness (QED) is 0.680. The molecular weight excluding hydrogens is 308 g/mol. The van der Waals surface area contributed by atoms with Crippen LogP contribution in [0.25, 0.3) is 5.52 Å². The molecule has 2 heterocycles. The molecule has 124 valence electrons. The number of aromatic carboxylic acids is 1. The van der Waals surface area contributed by atoms with Gasteiger partial charge in [-0.05, 0) is 30.0 Å². The van der Waals surface area contributed by atoms with E-state index in [0.717, 1.165) is 5.56 Å². The van der Waals surface area contributed by atoms with Gasteiger partial charge in [0, 0.05) is 18.0 Å². The zero-order valence-corrected chi connectivity index (χ0v) is 13.6. The molecule has 0 unspecified atom stereocenters. The van der Waals surface area contributed by atoms with Gasteiger partial charge in [0.2, 0.25) is 0 Å². The van der Waals surface area contributed by atoms with Crippen molar-refractivity contribution < 1.29 is 15.0 Å². The van der Waals surface area contributed by atoms with E-state index in [1.54, 1.807) is 13.0 Å². The Hall–Kier alpha value is -3.09. The minimum atomic E-state index is -1.01. The van der Waals surface area contributed by atoms with E-state index >= 15 is 0 Å². The second kappa shape index (κ2) is 5.84. The molecule has 0 amide bonds. The maximum Gasteiger partial charge on any atom is 0.337 e. The summed E-state index contributed by atoms with van der Waals surface area (Å²) >= 11 is 0. The van der Waals surface area contributed by atoms with Crippen molar-refractivity contribution in [2.75, 3.05) is 5.32 Å². The van der Waals surface area contributed by atoms with Gasteiger partial charge in [0.25, 0.3) is 0 Å². The molecule has 0 atom stereocenters. The third kappa shape index (κ3) is 2.64. The van der Waals surface area contributed by atoms with Gasteiger partial charge in [-0.1, -0.05) is 19.9 Å². The van der Waals surface area contributed by atoms with Crippen molar-refractivity contribution in [3.8, 4) is 5.75 Å². The topological polar surface area (TPSA) is 99.8 Å². The standard InChI is InChI=1S/C17H18N4O3/c1-9(2)12-5-4-11(6-14(12)22)20-16-15-10(3)13(17(23)24)7-21(15)19-8-18-16/h4-9,22H,1-3H3,(H,23,24)(H,18,19,20). The van der Waals surface area contributed by atoms with E-state index in [2.05, 4.69) is 15.4 Å². The normalized spacial score (nSPS) is 11.2. The molecule has 0 radical (unpaired) electrons. The zero-order valence-electron chi connectivity index (χ0n) is 13.6. The molecule has 0 aliphatic carbocycles. The van der Waals surface area contributed by atoms with E-state index in [4.69, 9.17) is 0 Å². The van der Waals surface area contributed by atoms with Crippen LogP contribution >= 0.6 is 0 Å². The van der Waals surface area contributed by atoms with Crippen LogP contribution in [0.4, 0.5) is 11.5 Å². The number of hydrogen-bond donors (Lipinski definition) is 3. The Bertz CT molecular complexity index is 931. The fourth-order valence-corrected chi connectivity index (χ4v) is 2.71. The second-order valence-corrected chi connectivity index (χ2v) is 5.93. The molecule has 0 spiro atoms. The van der Waals surface area contributed by atoms with Crippen molar-refractivity contribution in [2.45, 2.75) is 26.7 Å². The van der Waals surface area contributed by atoms with Gasteiger partial charge in [0.15, 0.2) is 5.82 Å². The summed E-state index contributed by atoms with van der Waals surface area (Å²) in [5.41, 5.74) is 2.86. The number of phenols is 1. The highest BCUT2D eigenvalue weighted by atomic mass is 16.4. The lowest BCUT2D eigenvalue weighted by atomic mass is 10.0. The van der Waals surface area contributed by atoms with Crippen LogP contribution in [-0.2, 0) is 0 Å². The van der Waals surface area contributed by atoms with Crippen LogP contribution in [0, 0.1) is 6.92 Å². The van der Waals surface area contributed by atoms with Gasteiger partial charge in [-0.3, -0.25) is 0 Å². The molecule has 0 fully saturated rings. The molecule has 3 aromatic rings. The van der Waals surface area contributed by atoms with Gasteiger partial charge in [0.1, 0.15) is 17.6 Å². The number of carboxylic acids is 1. The molecule has 0 bridgehead atoms. The van der Waals surface area contributed by atoms with E-state index in [0.29, 0.717) is 22.6 Å². The van der Waals surface area contributed by atoms with Gasteiger partial charge in [0.05, 0.1) is 5.56 Å². The highest BCUT2D eigenvalue weighted by molar-refractivity contribution is 5.94. The number of hydrogen-bond acceptors (Lipinski definition) is 5. The van der Waals surface area contributed by atoms with Crippen molar-refractivity contribution in [1.82, 2.24) is 14.6 Å². The monoisotopic (exact) mass is 326 g/mol. The Balaban J connectivity index is 2.04. The van der Waals surface area contributed by atoms with E-state index in [-0.39, 0.29) is 17.2 Å². The molecule has 0 aliphatic heterocycles. The molecule has 1 aromatic carbocycles. The summed E-state index contributed by atoms with van der Waals surface area (Å²) in [5.74, 6) is -0.108. The number of nitrogens with zero attached hydrogens (tertiary/aromatic N) is 3. The predicted molar refractivity (Wildman–Crippen MR) is 90.2 cm³/mol. The molecule has 3 rings (SSSR count). The van der Waals surface area contributed by atoms with E-state index in [1.165, 1.54) is 17.0 Å². The van der Waals surface area contributed by atoms with Crippen LogP contribution in [0.3, 0.4) is 0 Å². The lowest BCUT2D eigenvalue weighted by Gasteiger charge is -2.12. The molecule has 7 heteroatoms. The Morgan fingerprint density at radius 2 is 2.08 bits per heavy atom. The van der Waals surface area contributed by atoms with Gasteiger partial charge in [-0.15, -0.1) is 0 Å². The first-order chi connectivity index (χ1) is 11.4. The summed E-state index contributed by atoms with van der Waals surface area (Å²) in [6.07, 6.45) is 2.81. The fourth-order valence-electron chi connectivity index (χ4n) is 2.71. The van der Waals surface area contributed by atoms with Crippen molar-refractivity contribution in [1.29, 1.82) is 0 Å².